The van der Waals surface area contributed by atoms with E-state index in [0.29, 0.717) is 6.42 Å². The summed E-state index contributed by atoms with van der Waals surface area (Å²) in [5.74, 6) is 0.593. The summed E-state index contributed by atoms with van der Waals surface area (Å²) in [6, 6.07) is 10.3. The van der Waals surface area contributed by atoms with E-state index in [9.17, 15) is 4.39 Å². The van der Waals surface area contributed by atoms with Crippen molar-refractivity contribution in [1.29, 1.82) is 0 Å². The van der Waals surface area contributed by atoms with Crippen LogP contribution < -0.4 is 15.2 Å². The molecule has 0 saturated heterocycles. The zero-order chi connectivity index (χ0) is 15.4. The fraction of sp³-hybridized carbons (Fsp3) is 0.250. The minimum Gasteiger partial charge on any atom is -0.496 e. The van der Waals surface area contributed by atoms with Crippen LogP contribution in [0.2, 0.25) is 0 Å². The Morgan fingerprint density at radius 1 is 1.10 bits per heavy atom. The van der Waals surface area contributed by atoms with Crippen molar-refractivity contribution in [3.8, 4) is 11.5 Å². The number of hydrogen-bond acceptors (Lipinski definition) is 3. The van der Waals surface area contributed by atoms with Gasteiger partial charge in [0.15, 0.2) is 11.6 Å². The summed E-state index contributed by atoms with van der Waals surface area (Å²) in [5, 5.41) is 0. The molecule has 21 heavy (non-hydrogen) atoms. The highest BCUT2D eigenvalue weighted by molar-refractivity contribution is 9.10. The van der Waals surface area contributed by atoms with E-state index in [4.69, 9.17) is 15.2 Å². The van der Waals surface area contributed by atoms with Crippen LogP contribution in [0.5, 0.6) is 11.5 Å². The van der Waals surface area contributed by atoms with Gasteiger partial charge < -0.3 is 15.2 Å². The van der Waals surface area contributed by atoms with Crippen molar-refractivity contribution in [2.75, 3.05) is 14.2 Å². The maximum atomic E-state index is 13.4. The van der Waals surface area contributed by atoms with Gasteiger partial charge in [0.05, 0.1) is 18.7 Å². The molecule has 0 aliphatic rings. The Morgan fingerprint density at radius 2 is 1.81 bits per heavy atom. The molecular formula is C16H17BrFNO2. The Morgan fingerprint density at radius 3 is 2.43 bits per heavy atom. The van der Waals surface area contributed by atoms with E-state index in [1.807, 2.05) is 18.2 Å². The van der Waals surface area contributed by atoms with Gasteiger partial charge in [-0.1, -0.05) is 12.1 Å². The van der Waals surface area contributed by atoms with Crippen molar-refractivity contribution in [2.24, 2.45) is 5.73 Å². The quantitative estimate of drug-likeness (QED) is 0.887. The Labute approximate surface area is 132 Å². The maximum Gasteiger partial charge on any atom is 0.165 e. The molecule has 0 aliphatic carbocycles. The van der Waals surface area contributed by atoms with Crippen LogP contribution in [0.15, 0.2) is 40.9 Å². The Bertz CT molecular complexity index is 634. The van der Waals surface area contributed by atoms with Gasteiger partial charge >= 0.3 is 0 Å². The third-order valence-corrected chi connectivity index (χ3v) is 3.89. The molecular weight excluding hydrogens is 337 g/mol. The lowest BCUT2D eigenvalue weighted by Crippen LogP contribution is -2.13. The molecule has 5 heteroatoms. The van der Waals surface area contributed by atoms with E-state index in [0.717, 1.165) is 21.3 Å². The fourth-order valence-corrected chi connectivity index (χ4v) is 2.70. The number of ether oxygens (including phenoxy) is 2. The van der Waals surface area contributed by atoms with Gasteiger partial charge in [0.2, 0.25) is 0 Å². The van der Waals surface area contributed by atoms with Crippen molar-refractivity contribution in [3.05, 3.63) is 57.8 Å². The second-order valence-corrected chi connectivity index (χ2v) is 5.53. The molecule has 2 aromatic carbocycles. The number of rotatable bonds is 5. The van der Waals surface area contributed by atoms with Gasteiger partial charge in [-0.25, -0.2) is 4.39 Å². The molecule has 0 aliphatic heterocycles. The second kappa shape index (κ2) is 6.91. The first-order chi connectivity index (χ1) is 10.0. The van der Waals surface area contributed by atoms with Gasteiger partial charge in [-0.05, 0) is 57.7 Å². The van der Waals surface area contributed by atoms with Gasteiger partial charge in [-0.15, -0.1) is 0 Å². The minimum absolute atomic E-state index is 0.207. The first-order valence-corrected chi connectivity index (χ1v) is 7.26. The molecule has 0 fully saturated rings. The molecule has 112 valence electrons. The number of halogens is 2. The third-order valence-electron chi connectivity index (χ3n) is 3.28. The first kappa shape index (κ1) is 15.8. The Kier molecular flexibility index (Phi) is 5.20. The van der Waals surface area contributed by atoms with Crippen LogP contribution in [0.1, 0.15) is 17.2 Å². The van der Waals surface area contributed by atoms with E-state index in [1.54, 1.807) is 19.2 Å². The monoisotopic (exact) mass is 353 g/mol. The molecule has 0 radical (unpaired) electrons. The molecule has 3 nitrogen and oxygen atoms in total. The van der Waals surface area contributed by atoms with Crippen LogP contribution in [-0.2, 0) is 6.42 Å². The van der Waals surface area contributed by atoms with Crippen LogP contribution in [-0.4, -0.2) is 14.2 Å². The van der Waals surface area contributed by atoms with Crippen molar-refractivity contribution < 1.29 is 13.9 Å². The molecule has 0 bridgehead atoms. The van der Waals surface area contributed by atoms with Crippen LogP contribution >= 0.6 is 15.9 Å². The molecule has 2 N–H and O–H groups in total. The molecule has 2 rings (SSSR count). The van der Waals surface area contributed by atoms with Gasteiger partial charge in [-0.3, -0.25) is 0 Å². The molecule has 2 aromatic rings. The van der Waals surface area contributed by atoms with E-state index < -0.39 is 0 Å². The summed E-state index contributed by atoms with van der Waals surface area (Å²) in [7, 11) is 3.06. The Hall–Kier alpha value is -1.59. The molecule has 0 heterocycles. The van der Waals surface area contributed by atoms with E-state index >= 15 is 0 Å². The topological polar surface area (TPSA) is 44.5 Å². The molecule has 1 atom stereocenters. The Balaban J connectivity index is 2.17. The van der Waals surface area contributed by atoms with Crippen molar-refractivity contribution in [3.63, 3.8) is 0 Å². The standard InChI is InChI=1S/C16H17BrFNO2/c1-20-15-6-3-10(7-12(15)17)8-14(19)11-4-5-13(18)16(9-11)21-2/h3-7,9,14H,8,19H2,1-2H3. The van der Waals surface area contributed by atoms with Gasteiger partial charge in [0.25, 0.3) is 0 Å². The smallest absolute Gasteiger partial charge is 0.165 e. The highest BCUT2D eigenvalue weighted by Crippen LogP contribution is 2.28. The second-order valence-electron chi connectivity index (χ2n) is 4.67. The summed E-state index contributed by atoms with van der Waals surface area (Å²) < 4.78 is 24.5. The minimum atomic E-state index is -0.388. The molecule has 0 saturated carbocycles. The average Bonchev–Trinajstić information content (AvgIpc) is 2.48. The van der Waals surface area contributed by atoms with E-state index in [2.05, 4.69) is 15.9 Å². The van der Waals surface area contributed by atoms with Gasteiger partial charge in [0, 0.05) is 6.04 Å². The van der Waals surface area contributed by atoms with Gasteiger partial charge in [-0.2, -0.15) is 0 Å². The number of nitrogens with two attached hydrogens (primary N) is 1. The maximum absolute atomic E-state index is 13.4. The number of methoxy groups -OCH3 is 2. The lowest BCUT2D eigenvalue weighted by molar-refractivity contribution is 0.385. The summed E-state index contributed by atoms with van der Waals surface area (Å²) in [6.45, 7) is 0. The summed E-state index contributed by atoms with van der Waals surface area (Å²) in [4.78, 5) is 0. The molecule has 0 amide bonds. The highest BCUT2D eigenvalue weighted by Gasteiger charge is 2.12. The van der Waals surface area contributed by atoms with E-state index in [1.165, 1.54) is 13.2 Å². The SMILES string of the molecule is COc1cc(C(N)Cc2ccc(OC)c(Br)c2)ccc1F. The first-order valence-electron chi connectivity index (χ1n) is 6.46. The predicted molar refractivity (Wildman–Crippen MR) is 84.3 cm³/mol. The zero-order valence-corrected chi connectivity index (χ0v) is 13.5. The largest absolute Gasteiger partial charge is 0.496 e. The normalized spacial score (nSPS) is 12.0. The van der Waals surface area contributed by atoms with Crippen LogP contribution in [0.4, 0.5) is 4.39 Å². The average molecular weight is 354 g/mol. The van der Waals surface area contributed by atoms with Crippen molar-refractivity contribution in [2.45, 2.75) is 12.5 Å². The highest BCUT2D eigenvalue weighted by atomic mass is 79.9. The van der Waals surface area contributed by atoms with Crippen LogP contribution in [0, 0.1) is 5.82 Å². The van der Waals surface area contributed by atoms with Gasteiger partial charge in [0.1, 0.15) is 5.75 Å². The van der Waals surface area contributed by atoms with Crippen molar-refractivity contribution in [1.82, 2.24) is 0 Å². The number of benzene rings is 2. The predicted octanol–water partition coefficient (Wildman–Crippen LogP) is 3.85. The lowest BCUT2D eigenvalue weighted by atomic mass is 9.99. The lowest BCUT2D eigenvalue weighted by Gasteiger charge is -2.14. The summed E-state index contributed by atoms with van der Waals surface area (Å²) in [6.07, 6.45) is 0.636. The van der Waals surface area contributed by atoms with Crippen molar-refractivity contribution >= 4 is 15.9 Å². The molecule has 0 aromatic heterocycles. The fourth-order valence-electron chi connectivity index (χ4n) is 2.12. The molecule has 0 spiro atoms. The summed E-state index contributed by atoms with van der Waals surface area (Å²) >= 11 is 3.45. The molecule has 1 unspecified atom stereocenters. The number of hydrogen-bond donors (Lipinski definition) is 1. The van der Waals surface area contributed by atoms with Crippen LogP contribution in [0.25, 0.3) is 0 Å². The zero-order valence-electron chi connectivity index (χ0n) is 11.9. The van der Waals surface area contributed by atoms with Crippen LogP contribution in [0.3, 0.4) is 0 Å². The summed E-state index contributed by atoms with van der Waals surface area (Å²) in [5.41, 5.74) is 8.10. The van der Waals surface area contributed by atoms with E-state index in [-0.39, 0.29) is 17.6 Å². The third kappa shape index (κ3) is 3.74.